The van der Waals surface area contributed by atoms with Gasteiger partial charge in [-0.05, 0) is 25.1 Å². The Kier molecular flexibility index (Phi) is 2.79. The monoisotopic (exact) mass is 273 g/mol. The number of aryl methyl sites for hydroxylation is 1. The lowest BCUT2D eigenvalue weighted by Crippen LogP contribution is -2.00. The highest BCUT2D eigenvalue weighted by atomic mass is 32.1. The van der Waals surface area contributed by atoms with Crippen LogP contribution in [0.2, 0.25) is 0 Å². The Hall–Kier alpha value is -2.21. The summed E-state index contributed by atoms with van der Waals surface area (Å²) in [4.78, 5) is 20.7. The van der Waals surface area contributed by atoms with Crippen LogP contribution in [0, 0.1) is 6.92 Å². The molecule has 0 aliphatic carbocycles. The minimum atomic E-state index is -0.927. The number of benzene rings is 1. The fourth-order valence-corrected chi connectivity index (χ4v) is 2.72. The van der Waals surface area contributed by atoms with Gasteiger partial charge in [-0.3, -0.25) is 0 Å². The second kappa shape index (κ2) is 4.47. The summed E-state index contributed by atoms with van der Waals surface area (Å²) in [6.07, 6.45) is 1.73. The van der Waals surface area contributed by atoms with Crippen molar-refractivity contribution >= 4 is 28.3 Å². The number of hydrogen-bond acceptors (Lipinski definition) is 4. The summed E-state index contributed by atoms with van der Waals surface area (Å²) in [5.74, 6) is -0.927. The van der Waals surface area contributed by atoms with Gasteiger partial charge in [0.1, 0.15) is 0 Å². The van der Waals surface area contributed by atoms with Crippen LogP contribution >= 0.6 is 11.3 Å². The molecule has 0 spiro atoms. The number of carboxylic acid groups (broad SMARTS) is 1. The van der Waals surface area contributed by atoms with E-state index in [0.29, 0.717) is 6.54 Å². The first-order chi connectivity index (χ1) is 9.15. The molecule has 6 heteroatoms. The Morgan fingerprint density at radius 3 is 2.95 bits per heavy atom. The Labute approximate surface area is 113 Å². The molecule has 1 N–H and O–H groups in total. The van der Waals surface area contributed by atoms with Crippen molar-refractivity contribution in [2.75, 3.05) is 0 Å². The molecule has 0 saturated heterocycles. The van der Waals surface area contributed by atoms with Gasteiger partial charge in [0.2, 0.25) is 0 Å². The van der Waals surface area contributed by atoms with Gasteiger partial charge in [0.15, 0.2) is 0 Å². The highest BCUT2D eigenvalue weighted by molar-refractivity contribution is 7.09. The third kappa shape index (κ3) is 2.10. The van der Waals surface area contributed by atoms with Crippen molar-refractivity contribution < 1.29 is 9.90 Å². The molecule has 0 bridgehead atoms. The summed E-state index contributed by atoms with van der Waals surface area (Å²) in [5.41, 5.74) is 4.71. The molecular weight excluding hydrogens is 262 g/mol. The van der Waals surface area contributed by atoms with Crippen LogP contribution in [0.3, 0.4) is 0 Å². The number of imidazole rings is 1. The predicted molar refractivity (Wildman–Crippen MR) is 72.6 cm³/mol. The SMILES string of the molecule is Cc1ncsc1Cn1cnc2ccc(C(=O)O)cc21. The van der Waals surface area contributed by atoms with Gasteiger partial charge in [0.05, 0.1) is 40.7 Å². The van der Waals surface area contributed by atoms with E-state index in [-0.39, 0.29) is 5.56 Å². The molecule has 0 aliphatic rings. The Balaban J connectivity index is 2.06. The van der Waals surface area contributed by atoms with Crippen LogP contribution in [-0.2, 0) is 6.54 Å². The number of carboxylic acids is 1. The van der Waals surface area contributed by atoms with Crippen LogP contribution in [0.15, 0.2) is 30.0 Å². The third-order valence-electron chi connectivity index (χ3n) is 3.03. The number of rotatable bonds is 3. The molecular formula is C13H11N3O2S. The van der Waals surface area contributed by atoms with E-state index >= 15 is 0 Å². The highest BCUT2D eigenvalue weighted by Gasteiger charge is 2.09. The number of nitrogens with zero attached hydrogens (tertiary/aromatic N) is 3. The van der Waals surface area contributed by atoms with Crippen molar-refractivity contribution in [2.45, 2.75) is 13.5 Å². The molecule has 0 saturated carbocycles. The van der Waals surface area contributed by atoms with E-state index in [0.717, 1.165) is 21.6 Å². The molecule has 0 aliphatic heterocycles. The maximum absolute atomic E-state index is 11.0. The number of aromatic carboxylic acids is 1. The Morgan fingerprint density at radius 2 is 2.26 bits per heavy atom. The standard InChI is InChI=1S/C13H11N3O2S/c1-8-12(19-7-15-8)5-16-6-14-10-3-2-9(13(17)18)4-11(10)16/h2-4,6-7H,5H2,1H3,(H,17,18). The van der Waals surface area contributed by atoms with Crippen LogP contribution in [0.25, 0.3) is 11.0 Å². The molecule has 2 aromatic heterocycles. The van der Waals surface area contributed by atoms with Crippen molar-refractivity contribution in [1.82, 2.24) is 14.5 Å². The van der Waals surface area contributed by atoms with Gasteiger partial charge in [-0.15, -0.1) is 11.3 Å². The maximum atomic E-state index is 11.0. The molecule has 0 amide bonds. The Bertz CT molecular complexity index is 760. The maximum Gasteiger partial charge on any atom is 0.335 e. The summed E-state index contributed by atoms with van der Waals surface area (Å²) in [6, 6.07) is 4.95. The average molecular weight is 273 g/mol. The predicted octanol–water partition coefficient (Wildman–Crippen LogP) is 2.55. The van der Waals surface area contributed by atoms with Crippen LogP contribution in [0.4, 0.5) is 0 Å². The molecule has 1 aromatic carbocycles. The second-order valence-electron chi connectivity index (χ2n) is 4.24. The largest absolute Gasteiger partial charge is 0.478 e. The molecule has 0 radical (unpaired) electrons. The van der Waals surface area contributed by atoms with Crippen molar-refractivity contribution in [3.05, 3.63) is 46.2 Å². The lowest BCUT2D eigenvalue weighted by atomic mass is 10.2. The van der Waals surface area contributed by atoms with Crippen LogP contribution < -0.4 is 0 Å². The van der Waals surface area contributed by atoms with Crippen molar-refractivity contribution in [3.8, 4) is 0 Å². The van der Waals surface area contributed by atoms with E-state index in [1.165, 1.54) is 0 Å². The summed E-state index contributed by atoms with van der Waals surface area (Å²) >= 11 is 1.59. The first-order valence-electron chi connectivity index (χ1n) is 5.72. The van der Waals surface area contributed by atoms with Gasteiger partial charge in [0, 0.05) is 4.88 Å². The number of aromatic nitrogens is 3. The van der Waals surface area contributed by atoms with E-state index in [1.54, 1.807) is 35.9 Å². The zero-order chi connectivity index (χ0) is 13.4. The van der Waals surface area contributed by atoms with Gasteiger partial charge in [-0.25, -0.2) is 14.8 Å². The number of thiazole rings is 1. The smallest absolute Gasteiger partial charge is 0.335 e. The van der Waals surface area contributed by atoms with Crippen LogP contribution in [0.1, 0.15) is 20.9 Å². The fourth-order valence-electron chi connectivity index (χ4n) is 1.95. The minimum absolute atomic E-state index is 0.273. The fraction of sp³-hybridized carbons (Fsp3) is 0.154. The van der Waals surface area contributed by atoms with E-state index in [1.807, 2.05) is 17.0 Å². The average Bonchev–Trinajstić information content (AvgIpc) is 2.97. The first kappa shape index (κ1) is 11.9. The summed E-state index contributed by atoms with van der Waals surface area (Å²) in [5, 5.41) is 9.04. The molecule has 2 heterocycles. The Morgan fingerprint density at radius 1 is 1.42 bits per heavy atom. The van der Waals surface area contributed by atoms with Gasteiger partial charge in [-0.1, -0.05) is 0 Å². The van der Waals surface area contributed by atoms with Crippen molar-refractivity contribution in [3.63, 3.8) is 0 Å². The van der Waals surface area contributed by atoms with Crippen molar-refractivity contribution in [1.29, 1.82) is 0 Å². The third-order valence-corrected chi connectivity index (χ3v) is 3.95. The van der Waals surface area contributed by atoms with Crippen molar-refractivity contribution in [2.24, 2.45) is 0 Å². The number of hydrogen-bond donors (Lipinski definition) is 1. The molecule has 5 nitrogen and oxygen atoms in total. The lowest BCUT2D eigenvalue weighted by Gasteiger charge is -2.03. The van der Waals surface area contributed by atoms with Crippen LogP contribution in [-0.4, -0.2) is 25.6 Å². The zero-order valence-corrected chi connectivity index (χ0v) is 11.0. The van der Waals surface area contributed by atoms with Gasteiger partial charge >= 0.3 is 5.97 Å². The molecule has 3 aromatic rings. The van der Waals surface area contributed by atoms with E-state index < -0.39 is 5.97 Å². The topological polar surface area (TPSA) is 68.0 Å². The summed E-state index contributed by atoms with van der Waals surface area (Å²) in [7, 11) is 0. The lowest BCUT2D eigenvalue weighted by molar-refractivity contribution is 0.0697. The minimum Gasteiger partial charge on any atom is -0.478 e. The molecule has 0 fully saturated rings. The van der Waals surface area contributed by atoms with E-state index in [2.05, 4.69) is 9.97 Å². The number of fused-ring (bicyclic) bond motifs is 1. The highest BCUT2D eigenvalue weighted by Crippen LogP contribution is 2.19. The molecule has 19 heavy (non-hydrogen) atoms. The van der Waals surface area contributed by atoms with Gasteiger partial charge in [-0.2, -0.15) is 0 Å². The molecule has 96 valence electrons. The zero-order valence-electron chi connectivity index (χ0n) is 10.2. The summed E-state index contributed by atoms with van der Waals surface area (Å²) in [6.45, 7) is 2.63. The second-order valence-corrected chi connectivity index (χ2v) is 5.18. The summed E-state index contributed by atoms with van der Waals surface area (Å²) < 4.78 is 1.95. The molecule has 0 atom stereocenters. The quantitative estimate of drug-likeness (QED) is 0.796. The van der Waals surface area contributed by atoms with Crippen LogP contribution in [0.5, 0.6) is 0 Å². The normalized spacial score (nSPS) is 11.0. The van der Waals surface area contributed by atoms with Gasteiger partial charge in [0.25, 0.3) is 0 Å². The van der Waals surface area contributed by atoms with E-state index in [9.17, 15) is 4.79 Å². The first-order valence-corrected chi connectivity index (χ1v) is 6.60. The number of carbonyl (C=O) groups is 1. The molecule has 3 rings (SSSR count). The molecule has 0 unspecified atom stereocenters. The van der Waals surface area contributed by atoms with E-state index in [4.69, 9.17) is 5.11 Å². The van der Waals surface area contributed by atoms with Gasteiger partial charge < -0.3 is 9.67 Å².